The molecule has 0 bridgehead atoms. The van der Waals surface area contributed by atoms with Crippen LogP contribution in [0.2, 0.25) is 0 Å². The Bertz CT molecular complexity index is 2960. The number of benzene rings is 8. The first-order chi connectivity index (χ1) is 23.2. The van der Waals surface area contributed by atoms with Crippen molar-refractivity contribution in [1.29, 1.82) is 0 Å². The molecule has 0 aliphatic heterocycles. The maximum atomic E-state index is 5.36. The van der Waals surface area contributed by atoms with Gasteiger partial charge in [-0.2, -0.15) is 0 Å². The van der Waals surface area contributed by atoms with Crippen molar-refractivity contribution in [3.05, 3.63) is 164 Å². The number of hydrogen-bond acceptors (Lipinski definition) is 1. The number of nitrogens with zero attached hydrogens (tertiary/aromatic N) is 2. The fourth-order valence-electron chi connectivity index (χ4n) is 7.50. The number of aromatic nitrogens is 2. The van der Waals surface area contributed by atoms with E-state index in [1.165, 1.54) is 69.9 Å². The van der Waals surface area contributed by atoms with Crippen molar-refractivity contribution in [3.63, 3.8) is 0 Å². The van der Waals surface area contributed by atoms with Crippen molar-refractivity contribution < 1.29 is 0 Å². The number of para-hydroxylation sites is 1. The maximum absolute atomic E-state index is 5.36. The molecule has 0 aliphatic carbocycles. The number of fused-ring (bicyclic) bond motifs is 12. The van der Waals surface area contributed by atoms with E-state index in [-0.39, 0.29) is 0 Å². The molecule has 220 valence electrons. The molecule has 0 saturated heterocycles. The molecule has 1 atom stereocenters. The predicted molar refractivity (Wildman–Crippen MR) is 205 cm³/mol. The molecular weight excluding hydrogens is 654 g/mol. The summed E-state index contributed by atoms with van der Waals surface area (Å²) >= 11 is 3.85. The minimum atomic E-state index is -2.23. The Morgan fingerprint density at radius 1 is 0.404 bits per heavy atom. The van der Waals surface area contributed by atoms with Crippen LogP contribution in [0.4, 0.5) is 0 Å². The Balaban J connectivity index is 1.29. The van der Waals surface area contributed by atoms with Gasteiger partial charge in [-0.3, -0.25) is 0 Å². The van der Waals surface area contributed by atoms with E-state index in [4.69, 9.17) is 4.98 Å². The van der Waals surface area contributed by atoms with Gasteiger partial charge in [-0.25, -0.2) is 0 Å². The van der Waals surface area contributed by atoms with E-state index in [2.05, 4.69) is 183 Å². The molecular formula is C43H27N2PSe. The van der Waals surface area contributed by atoms with Crippen LogP contribution in [0.25, 0.3) is 70.7 Å². The molecule has 0 fully saturated rings. The van der Waals surface area contributed by atoms with Gasteiger partial charge in [0.05, 0.1) is 0 Å². The third kappa shape index (κ3) is 3.98. The van der Waals surface area contributed by atoms with Crippen molar-refractivity contribution in [3.8, 4) is 0 Å². The van der Waals surface area contributed by atoms with Crippen molar-refractivity contribution in [2.24, 2.45) is 0 Å². The van der Waals surface area contributed by atoms with Gasteiger partial charge in [0.25, 0.3) is 0 Å². The summed E-state index contributed by atoms with van der Waals surface area (Å²) in [6.07, 6.45) is 0. The van der Waals surface area contributed by atoms with Crippen LogP contribution in [-0.2, 0) is 0 Å². The van der Waals surface area contributed by atoms with E-state index < -0.39 is 5.51 Å². The van der Waals surface area contributed by atoms with E-state index in [0.29, 0.717) is 0 Å². The molecule has 8 aromatic carbocycles. The summed E-state index contributed by atoms with van der Waals surface area (Å²) in [5.74, 6) is 0. The fourth-order valence-corrected chi connectivity index (χ4v) is 12.3. The predicted octanol–water partition coefficient (Wildman–Crippen LogP) is 9.63. The average Bonchev–Trinajstić information content (AvgIpc) is 3.54. The van der Waals surface area contributed by atoms with Crippen LogP contribution < -0.4 is 15.9 Å². The van der Waals surface area contributed by atoms with Gasteiger partial charge in [0, 0.05) is 0 Å². The quantitative estimate of drug-likeness (QED) is 0.103. The summed E-state index contributed by atoms with van der Waals surface area (Å²) < 4.78 is 2.34. The van der Waals surface area contributed by atoms with E-state index in [1.54, 1.807) is 0 Å². The normalized spacial score (nSPS) is 13.4. The van der Waals surface area contributed by atoms with E-state index in [9.17, 15) is 0 Å². The zero-order valence-electron chi connectivity index (χ0n) is 25.3. The van der Waals surface area contributed by atoms with Gasteiger partial charge in [-0.1, -0.05) is 0 Å². The average molecular weight is 682 g/mol. The number of hydrogen-bond donors (Lipinski definition) is 0. The molecule has 0 amide bonds. The molecule has 1 unspecified atom stereocenters. The van der Waals surface area contributed by atoms with E-state index in [1.807, 2.05) is 0 Å². The van der Waals surface area contributed by atoms with Crippen LogP contribution in [0.15, 0.2) is 164 Å². The molecule has 10 rings (SSSR count). The zero-order chi connectivity index (χ0) is 31.1. The van der Waals surface area contributed by atoms with Crippen LogP contribution in [0, 0.1) is 0 Å². The van der Waals surface area contributed by atoms with E-state index >= 15 is 0 Å². The first-order valence-corrected chi connectivity index (χ1v) is 19.9. The molecule has 2 aromatic heterocycles. The number of pyridine rings is 1. The Labute approximate surface area is 279 Å². The van der Waals surface area contributed by atoms with Gasteiger partial charge in [0.15, 0.2) is 0 Å². The van der Waals surface area contributed by atoms with Gasteiger partial charge in [-0.05, 0) is 0 Å². The first kappa shape index (κ1) is 27.1. The van der Waals surface area contributed by atoms with Crippen LogP contribution in [0.5, 0.6) is 0 Å². The fraction of sp³-hybridized carbons (Fsp3) is 0. The Hall–Kier alpha value is -5.04. The summed E-state index contributed by atoms with van der Waals surface area (Å²) in [5.41, 5.74) is 2.08. The summed E-state index contributed by atoms with van der Waals surface area (Å²) in [6.45, 7) is 0. The third-order valence-corrected chi connectivity index (χ3v) is 16.8. The molecule has 47 heavy (non-hydrogen) atoms. The van der Waals surface area contributed by atoms with Gasteiger partial charge in [-0.15, -0.1) is 0 Å². The molecule has 0 radical (unpaired) electrons. The zero-order valence-corrected chi connectivity index (χ0v) is 27.9. The summed E-state index contributed by atoms with van der Waals surface area (Å²) in [4.78, 5) is 5.36. The van der Waals surface area contributed by atoms with E-state index in [0.717, 1.165) is 16.7 Å². The first-order valence-electron chi connectivity index (χ1n) is 15.9. The van der Waals surface area contributed by atoms with Gasteiger partial charge in [0.2, 0.25) is 0 Å². The van der Waals surface area contributed by atoms with Crippen molar-refractivity contribution in [2.75, 3.05) is 0 Å². The molecule has 10 aromatic rings. The second kappa shape index (κ2) is 10.2. The molecule has 2 heterocycles. The van der Waals surface area contributed by atoms with Gasteiger partial charge in [0.1, 0.15) is 0 Å². The van der Waals surface area contributed by atoms with Crippen LogP contribution >= 0.6 is 5.51 Å². The summed E-state index contributed by atoms with van der Waals surface area (Å²) in [5, 5.41) is 15.1. The Morgan fingerprint density at radius 2 is 0.957 bits per heavy atom. The third-order valence-electron chi connectivity index (χ3n) is 9.80. The van der Waals surface area contributed by atoms with Gasteiger partial charge < -0.3 is 0 Å². The molecule has 4 heteroatoms. The number of imidazole rings is 1. The van der Waals surface area contributed by atoms with Crippen molar-refractivity contribution in [1.82, 2.24) is 9.38 Å². The molecule has 0 spiro atoms. The Kier molecular flexibility index (Phi) is 5.90. The van der Waals surface area contributed by atoms with Crippen LogP contribution in [-0.4, -0.2) is 24.5 Å². The Morgan fingerprint density at radius 3 is 1.79 bits per heavy atom. The second-order valence-corrected chi connectivity index (χ2v) is 18.6. The molecule has 0 saturated carbocycles. The van der Waals surface area contributed by atoms with Crippen LogP contribution in [0.3, 0.4) is 0 Å². The van der Waals surface area contributed by atoms with Crippen molar-refractivity contribution >= 4 is 107 Å². The standard InChI is InChI=1S/C43H27N2PSe/c47-46(32-21-19-28-9-1-2-11-31(28)25-32,33-22-20-30-18-17-29-10-3-4-12-35(29)39(30)26-33)34-23-24-42-40(27-34)44-43-38-15-6-5-13-36(38)37-14-7-8-16-41(37)45(42)43/h1-27H. The molecule has 0 N–H and O–H groups in total. The minimum absolute atomic E-state index is 0.998. The second-order valence-electron chi connectivity index (χ2n) is 12.3. The SMILES string of the molecule is [Se]=P(c1ccc2ccccc2c1)(c1ccc2c(c1)nc1c3ccccc3c3ccccc3n21)c1ccc2ccc3ccccc3c2c1. The monoisotopic (exact) mass is 682 g/mol. The van der Waals surface area contributed by atoms with Crippen LogP contribution in [0.1, 0.15) is 0 Å². The summed E-state index contributed by atoms with van der Waals surface area (Å²) in [6, 6.07) is 60.2. The number of rotatable bonds is 3. The topological polar surface area (TPSA) is 17.3 Å². The van der Waals surface area contributed by atoms with Gasteiger partial charge >= 0.3 is 280 Å². The van der Waals surface area contributed by atoms with Crippen molar-refractivity contribution in [2.45, 2.75) is 0 Å². The summed E-state index contributed by atoms with van der Waals surface area (Å²) in [7, 11) is 0. The molecule has 0 aliphatic rings. The molecule has 2 nitrogen and oxygen atoms in total.